The molecule has 1 aliphatic heterocycles. The molecule has 1 fully saturated rings. The highest BCUT2D eigenvalue weighted by atomic mass is 79.9. The summed E-state index contributed by atoms with van der Waals surface area (Å²) in [5.74, 6) is -1.49. The van der Waals surface area contributed by atoms with Gasteiger partial charge in [-0.05, 0) is 29.8 Å². The van der Waals surface area contributed by atoms with Gasteiger partial charge in [-0.25, -0.2) is 4.79 Å². The van der Waals surface area contributed by atoms with Crippen LogP contribution in [-0.2, 0) is 9.59 Å². The van der Waals surface area contributed by atoms with Gasteiger partial charge >= 0.3 is 5.97 Å². The number of rotatable bonds is 3. The van der Waals surface area contributed by atoms with Crippen LogP contribution in [0, 0.1) is 0 Å². The largest absolute Gasteiger partial charge is 0.480 e. The minimum absolute atomic E-state index is 0.163. The van der Waals surface area contributed by atoms with E-state index < -0.39 is 12.0 Å². The van der Waals surface area contributed by atoms with Gasteiger partial charge in [0.1, 0.15) is 6.04 Å². The lowest BCUT2D eigenvalue weighted by atomic mass is 9.91. The minimum atomic E-state index is -0.984. The molecular formula is C17H14BrNO3. The highest BCUT2D eigenvalue weighted by Crippen LogP contribution is 2.37. The van der Waals surface area contributed by atoms with Gasteiger partial charge in [-0.15, -0.1) is 0 Å². The van der Waals surface area contributed by atoms with Crippen LogP contribution in [0.2, 0.25) is 0 Å². The fourth-order valence-corrected chi connectivity index (χ4v) is 3.19. The number of hydrogen-bond acceptors (Lipinski definition) is 2. The molecule has 1 amide bonds. The normalized spacial score (nSPS) is 21.1. The van der Waals surface area contributed by atoms with E-state index in [1.165, 1.54) is 4.90 Å². The van der Waals surface area contributed by atoms with Gasteiger partial charge in [0.15, 0.2) is 0 Å². The molecule has 0 radical (unpaired) electrons. The molecule has 2 atom stereocenters. The third-order valence-corrected chi connectivity index (χ3v) is 4.44. The van der Waals surface area contributed by atoms with Gasteiger partial charge in [0.05, 0.1) is 0 Å². The summed E-state index contributed by atoms with van der Waals surface area (Å²) in [5, 5.41) is 9.65. The molecule has 112 valence electrons. The molecule has 1 saturated heterocycles. The van der Waals surface area contributed by atoms with E-state index in [2.05, 4.69) is 15.9 Å². The molecule has 0 aromatic heterocycles. The van der Waals surface area contributed by atoms with Gasteiger partial charge in [-0.3, -0.25) is 9.69 Å². The van der Waals surface area contributed by atoms with Crippen molar-refractivity contribution in [2.45, 2.75) is 18.4 Å². The van der Waals surface area contributed by atoms with Gasteiger partial charge in [-0.1, -0.05) is 46.3 Å². The predicted octanol–water partition coefficient (Wildman–Crippen LogP) is 3.42. The number of carbonyl (C=O) groups excluding carboxylic acids is 1. The number of halogens is 1. The molecule has 22 heavy (non-hydrogen) atoms. The molecule has 5 heteroatoms. The van der Waals surface area contributed by atoms with Crippen LogP contribution in [0.4, 0.5) is 5.69 Å². The Labute approximate surface area is 136 Å². The van der Waals surface area contributed by atoms with E-state index in [9.17, 15) is 14.7 Å². The SMILES string of the molecule is O=C(O)[C@H]1[C@H](c2ccccc2)CC(=O)N1c1ccc(Br)cc1. The summed E-state index contributed by atoms with van der Waals surface area (Å²) < 4.78 is 0.884. The number of anilines is 1. The van der Waals surface area contributed by atoms with Crippen molar-refractivity contribution in [3.8, 4) is 0 Å². The Morgan fingerprint density at radius 1 is 1.09 bits per heavy atom. The fraction of sp³-hybridized carbons (Fsp3) is 0.176. The van der Waals surface area contributed by atoms with E-state index in [0.29, 0.717) is 5.69 Å². The number of aliphatic carboxylic acids is 1. The predicted molar refractivity (Wildman–Crippen MR) is 86.9 cm³/mol. The van der Waals surface area contributed by atoms with E-state index in [1.807, 2.05) is 30.3 Å². The zero-order valence-corrected chi connectivity index (χ0v) is 13.2. The average Bonchev–Trinajstić information content (AvgIpc) is 2.87. The first-order valence-electron chi connectivity index (χ1n) is 6.93. The number of carbonyl (C=O) groups is 2. The number of nitrogens with zero attached hydrogens (tertiary/aromatic N) is 1. The summed E-state index contributed by atoms with van der Waals surface area (Å²) in [5.41, 5.74) is 1.49. The lowest BCUT2D eigenvalue weighted by Gasteiger charge is -2.25. The number of carboxylic acid groups (broad SMARTS) is 1. The first kappa shape index (κ1) is 14.8. The van der Waals surface area contributed by atoms with Crippen LogP contribution in [-0.4, -0.2) is 23.0 Å². The maximum Gasteiger partial charge on any atom is 0.327 e. The van der Waals surface area contributed by atoms with Crippen molar-refractivity contribution in [2.24, 2.45) is 0 Å². The van der Waals surface area contributed by atoms with Crippen LogP contribution in [0.1, 0.15) is 17.9 Å². The standard InChI is InChI=1S/C17H14BrNO3/c18-12-6-8-13(9-7-12)19-15(20)10-14(16(19)17(21)22)11-4-2-1-3-5-11/h1-9,14,16H,10H2,(H,21,22)/t14-,16+/m0/s1. The maximum atomic E-state index is 12.4. The van der Waals surface area contributed by atoms with Gasteiger partial charge in [0.25, 0.3) is 0 Å². The van der Waals surface area contributed by atoms with Gasteiger partial charge < -0.3 is 5.11 Å². The molecule has 4 nitrogen and oxygen atoms in total. The molecule has 0 unspecified atom stereocenters. The average molecular weight is 360 g/mol. The van der Waals surface area contributed by atoms with Gasteiger partial charge in [0.2, 0.25) is 5.91 Å². The lowest BCUT2D eigenvalue weighted by molar-refractivity contribution is -0.139. The van der Waals surface area contributed by atoms with E-state index in [0.717, 1.165) is 10.0 Å². The van der Waals surface area contributed by atoms with E-state index in [1.54, 1.807) is 24.3 Å². The zero-order chi connectivity index (χ0) is 15.7. The Balaban J connectivity index is 2.01. The van der Waals surface area contributed by atoms with E-state index in [4.69, 9.17) is 0 Å². The third kappa shape index (κ3) is 2.64. The molecule has 1 heterocycles. The highest BCUT2D eigenvalue weighted by Gasteiger charge is 2.45. The molecule has 2 aromatic rings. The minimum Gasteiger partial charge on any atom is -0.480 e. The summed E-state index contributed by atoms with van der Waals surface area (Å²) in [6, 6.07) is 15.6. The quantitative estimate of drug-likeness (QED) is 0.913. The molecule has 2 aromatic carbocycles. The monoisotopic (exact) mass is 359 g/mol. The van der Waals surface area contributed by atoms with Crippen LogP contribution < -0.4 is 4.90 Å². The number of amides is 1. The smallest absolute Gasteiger partial charge is 0.327 e. The Bertz CT molecular complexity index is 700. The molecule has 0 aliphatic carbocycles. The third-order valence-electron chi connectivity index (χ3n) is 3.91. The zero-order valence-electron chi connectivity index (χ0n) is 11.6. The summed E-state index contributed by atoms with van der Waals surface area (Å²) in [7, 11) is 0. The van der Waals surface area contributed by atoms with Crippen molar-refractivity contribution in [3.05, 3.63) is 64.6 Å². The topological polar surface area (TPSA) is 57.6 Å². The summed E-state index contributed by atoms with van der Waals surface area (Å²) >= 11 is 3.34. The van der Waals surface area contributed by atoms with E-state index in [-0.39, 0.29) is 18.2 Å². The summed E-state index contributed by atoms with van der Waals surface area (Å²) in [4.78, 5) is 25.6. The van der Waals surface area contributed by atoms with Crippen LogP contribution in [0.15, 0.2) is 59.1 Å². The van der Waals surface area contributed by atoms with Crippen LogP contribution in [0.25, 0.3) is 0 Å². The highest BCUT2D eigenvalue weighted by molar-refractivity contribution is 9.10. The second-order valence-corrected chi connectivity index (χ2v) is 6.16. The Kier molecular flexibility index (Phi) is 3.98. The van der Waals surface area contributed by atoms with Crippen molar-refractivity contribution < 1.29 is 14.7 Å². The molecule has 3 rings (SSSR count). The Morgan fingerprint density at radius 3 is 2.32 bits per heavy atom. The number of benzene rings is 2. The molecule has 1 aliphatic rings. The summed E-state index contributed by atoms with van der Waals surface area (Å²) in [6.45, 7) is 0. The fourth-order valence-electron chi connectivity index (χ4n) is 2.92. The van der Waals surface area contributed by atoms with Crippen molar-refractivity contribution >= 4 is 33.5 Å². The van der Waals surface area contributed by atoms with Gasteiger partial charge in [0, 0.05) is 22.5 Å². The van der Waals surface area contributed by atoms with Crippen LogP contribution in [0.3, 0.4) is 0 Å². The maximum absolute atomic E-state index is 12.4. The molecule has 0 bridgehead atoms. The first-order chi connectivity index (χ1) is 10.6. The van der Waals surface area contributed by atoms with Crippen molar-refractivity contribution in [1.82, 2.24) is 0 Å². The van der Waals surface area contributed by atoms with Crippen molar-refractivity contribution in [1.29, 1.82) is 0 Å². The Hall–Kier alpha value is -2.14. The molecule has 0 spiro atoms. The van der Waals surface area contributed by atoms with E-state index >= 15 is 0 Å². The second-order valence-electron chi connectivity index (χ2n) is 5.24. The number of carboxylic acids is 1. The van der Waals surface area contributed by atoms with Gasteiger partial charge in [-0.2, -0.15) is 0 Å². The van der Waals surface area contributed by atoms with Crippen molar-refractivity contribution in [2.75, 3.05) is 4.90 Å². The lowest BCUT2D eigenvalue weighted by Crippen LogP contribution is -2.40. The van der Waals surface area contributed by atoms with Crippen LogP contribution in [0.5, 0.6) is 0 Å². The molecular weight excluding hydrogens is 346 g/mol. The molecule has 0 saturated carbocycles. The van der Waals surface area contributed by atoms with Crippen molar-refractivity contribution in [3.63, 3.8) is 0 Å². The first-order valence-corrected chi connectivity index (χ1v) is 7.72. The van der Waals surface area contributed by atoms with Crippen LogP contribution >= 0.6 is 15.9 Å². The molecule has 1 N–H and O–H groups in total. The second kappa shape index (κ2) is 5.93. The number of hydrogen-bond donors (Lipinski definition) is 1. The summed E-state index contributed by atoms with van der Waals surface area (Å²) in [6.07, 6.45) is 0.205. The Morgan fingerprint density at radius 2 is 1.73 bits per heavy atom.